The zero-order valence-electron chi connectivity index (χ0n) is 37.1. The fourth-order valence-electron chi connectivity index (χ4n) is 10.6. The van der Waals surface area contributed by atoms with E-state index in [1.807, 2.05) is 60.7 Å². The number of aromatic nitrogens is 5. The van der Waals surface area contributed by atoms with Gasteiger partial charge in [-0.25, -0.2) is 15.0 Å². The molecule has 9 aromatic carbocycles. The number of benzene rings is 9. The highest BCUT2D eigenvalue weighted by Gasteiger charge is 2.40. The second-order valence-corrected chi connectivity index (χ2v) is 18.1. The van der Waals surface area contributed by atoms with Crippen molar-refractivity contribution in [1.29, 1.82) is 0 Å². The standard InChI is InChI=1S/C62H43N5/c1-62(2)53-29-16-15-28-49(53)58-57(62)52-39-55-51(38-56(52)67(58)47-26-13-6-14-27-47)50-37-45(40-18-7-3-8-19-40)32-35-54(50)66(55)48-33-30-41(31-34-48)44-24-17-25-46(36-44)61-64-59(42-20-9-4-10-21-42)63-60(65-61)43-22-11-5-12-23-43/h3-39H,1-2H3. The number of hydrogen-bond acceptors (Lipinski definition) is 3. The molecule has 0 N–H and O–H groups in total. The Balaban J connectivity index is 0.980. The molecule has 0 bridgehead atoms. The third-order valence-corrected chi connectivity index (χ3v) is 13.7. The van der Waals surface area contributed by atoms with Crippen LogP contribution in [0.4, 0.5) is 0 Å². The summed E-state index contributed by atoms with van der Waals surface area (Å²) in [6, 6.07) is 80.2. The van der Waals surface area contributed by atoms with Gasteiger partial charge in [0.25, 0.3) is 0 Å². The Morgan fingerprint density at radius 1 is 0.328 bits per heavy atom. The molecule has 0 atom stereocenters. The lowest BCUT2D eigenvalue weighted by atomic mass is 9.81. The number of fused-ring (bicyclic) bond motifs is 8. The van der Waals surface area contributed by atoms with E-state index in [4.69, 9.17) is 15.0 Å². The van der Waals surface area contributed by atoms with Crippen molar-refractivity contribution in [1.82, 2.24) is 24.1 Å². The molecule has 0 amide bonds. The van der Waals surface area contributed by atoms with Crippen LogP contribution in [0.5, 0.6) is 0 Å². The Hall–Kier alpha value is -8.67. The van der Waals surface area contributed by atoms with Gasteiger partial charge in [0.15, 0.2) is 17.5 Å². The first-order valence-electron chi connectivity index (χ1n) is 22.9. The Labute approximate surface area is 389 Å². The summed E-state index contributed by atoms with van der Waals surface area (Å²) in [6.45, 7) is 4.77. The SMILES string of the molecule is CC1(C)c2ccccc2-c2c1c1cc3c(cc1n2-c1ccccc1)c1cc(-c2ccccc2)ccc1n3-c1ccc(-c2cccc(-c3nc(-c4ccccc4)nc(-c4ccccc4)n3)c2)cc1. The Kier molecular flexibility index (Phi) is 8.80. The molecule has 3 aromatic heterocycles. The Morgan fingerprint density at radius 3 is 1.46 bits per heavy atom. The normalized spacial score (nSPS) is 12.7. The van der Waals surface area contributed by atoms with Crippen LogP contribution in [0.15, 0.2) is 224 Å². The molecule has 67 heavy (non-hydrogen) atoms. The molecule has 0 fully saturated rings. The van der Waals surface area contributed by atoms with Crippen LogP contribution in [0.3, 0.4) is 0 Å². The van der Waals surface area contributed by atoms with Gasteiger partial charge in [-0.3, -0.25) is 0 Å². The van der Waals surface area contributed by atoms with Gasteiger partial charge in [0.1, 0.15) is 0 Å². The number of hydrogen-bond donors (Lipinski definition) is 0. The van der Waals surface area contributed by atoms with Crippen molar-refractivity contribution in [3.63, 3.8) is 0 Å². The summed E-state index contributed by atoms with van der Waals surface area (Å²) in [4.78, 5) is 15.0. The number of rotatable bonds is 7. The fourth-order valence-corrected chi connectivity index (χ4v) is 10.6. The lowest BCUT2D eigenvalue weighted by molar-refractivity contribution is 0.666. The maximum atomic E-state index is 5.02. The van der Waals surface area contributed by atoms with Crippen LogP contribution in [-0.4, -0.2) is 24.1 Å². The van der Waals surface area contributed by atoms with E-state index in [9.17, 15) is 0 Å². The summed E-state index contributed by atoms with van der Waals surface area (Å²) in [5.41, 5.74) is 18.4. The second kappa shape index (κ2) is 15.2. The second-order valence-electron chi connectivity index (χ2n) is 18.1. The average Bonchev–Trinajstić information content (AvgIpc) is 3.99. The summed E-state index contributed by atoms with van der Waals surface area (Å²) in [7, 11) is 0. The van der Waals surface area contributed by atoms with Crippen molar-refractivity contribution in [2.75, 3.05) is 0 Å². The smallest absolute Gasteiger partial charge is 0.164 e. The van der Waals surface area contributed by atoms with Gasteiger partial charge in [-0.1, -0.05) is 184 Å². The van der Waals surface area contributed by atoms with Crippen LogP contribution >= 0.6 is 0 Å². The zero-order valence-corrected chi connectivity index (χ0v) is 37.1. The molecule has 5 heteroatoms. The molecule has 0 unspecified atom stereocenters. The van der Waals surface area contributed by atoms with E-state index in [0.717, 1.165) is 39.2 Å². The summed E-state index contributed by atoms with van der Waals surface area (Å²) < 4.78 is 4.97. The Morgan fingerprint density at radius 2 is 0.791 bits per heavy atom. The third-order valence-electron chi connectivity index (χ3n) is 13.7. The van der Waals surface area contributed by atoms with Crippen LogP contribution in [0.25, 0.3) is 112 Å². The monoisotopic (exact) mass is 857 g/mol. The van der Waals surface area contributed by atoms with Gasteiger partial charge in [-0.2, -0.15) is 0 Å². The predicted octanol–water partition coefficient (Wildman–Crippen LogP) is 15.6. The summed E-state index contributed by atoms with van der Waals surface area (Å²) in [5, 5.41) is 3.72. The van der Waals surface area contributed by atoms with Gasteiger partial charge >= 0.3 is 0 Å². The highest BCUT2D eigenvalue weighted by atomic mass is 15.0. The van der Waals surface area contributed by atoms with Crippen molar-refractivity contribution in [2.24, 2.45) is 0 Å². The molecule has 13 rings (SSSR count). The fraction of sp³-hybridized carbons (Fsp3) is 0.0484. The number of para-hydroxylation sites is 1. The van der Waals surface area contributed by atoms with Crippen LogP contribution in [0.1, 0.15) is 25.0 Å². The zero-order chi connectivity index (χ0) is 44.6. The first kappa shape index (κ1) is 38.8. The van der Waals surface area contributed by atoms with Crippen molar-refractivity contribution in [3.05, 3.63) is 236 Å². The first-order chi connectivity index (χ1) is 33.0. The number of nitrogens with zero attached hydrogens (tertiary/aromatic N) is 5. The van der Waals surface area contributed by atoms with Gasteiger partial charge in [-0.15, -0.1) is 0 Å². The predicted molar refractivity (Wildman–Crippen MR) is 276 cm³/mol. The average molecular weight is 858 g/mol. The summed E-state index contributed by atoms with van der Waals surface area (Å²) >= 11 is 0. The van der Waals surface area contributed by atoms with Crippen molar-refractivity contribution < 1.29 is 0 Å². The molecular weight excluding hydrogens is 815 g/mol. The molecule has 1 aliphatic rings. The van der Waals surface area contributed by atoms with E-state index in [-0.39, 0.29) is 5.41 Å². The van der Waals surface area contributed by atoms with Crippen LogP contribution in [-0.2, 0) is 5.41 Å². The summed E-state index contributed by atoms with van der Waals surface area (Å²) in [5.74, 6) is 1.93. The quantitative estimate of drug-likeness (QED) is 0.160. The molecule has 12 aromatic rings. The first-order valence-corrected chi connectivity index (χ1v) is 22.9. The third kappa shape index (κ3) is 6.27. The van der Waals surface area contributed by atoms with E-state index >= 15 is 0 Å². The maximum absolute atomic E-state index is 5.02. The van der Waals surface area contributed by atoms with Gasteiger partial charge in [0, 0.05) is 55.2 Å². The van der Waals surface area contributed by atoms with E-state index in [0.29, 0.717) is 17.5 Å². The van der Waals surface area contributed by atoms with Gasteiger partial charge in [0.05, 0.1) is 22.2 Å². The lowest BCUT2D eigenvalue weighted by Gasteiger charge is -2.21. The maximum Gasteiger partial charge on any atom is 0.164 e. The van der Waals surface area contributed by atoms with E-state index < -0.39 is 0 Å². The van der Waals surface area contributed by atoms with Crippen LogP contribution in [0, 0.1) is 0 Å². The van der Waals surface area contributed by atoms with Crippen molar-refractivity contribution in [3.8, 4) is 79.0 Å². The molecular formula is C62H43N5. The van der Waals surface area contributed by atoms with Crippen molar-refractivity contribution >= 4 is 32.7 Å². The highest BCUT2D eigenvalue weighted by molar-refractivity contribution is 6.16. The molecule has 1 aliphatic carbocycles. The minimum Gasteiger partial charge on any atom is -0.309 e. The van der Waals surface area contributed by atoms with Crippen LogP contribution < -0.4 is 0 Å². The van der Waals surface area contributed by atoms with E-state index in [2.05, 4.69) is 187 Å². The Bertz CT molecular complexity index is 3790. The minimum absolute atomic E-state index is 0.196. The minimum atomic E-state index is -0.196. The van der Waals surface area contributed by atoms with Gasteiger partial charge in [-0.05, 0) is 88.0 Å². The molecule has 0 aliphatic heterocycles. The van der Waals surface area contributed by atoms with Gasteiger partial charge in [0.2, 0.25) is 0 Å². The van der Waals surface area contributed by atoms with Crippen molar-refractivity contribution in [2.45, 2.75) is 19.3 Å². The molecule has 316 valence electrons. The lowest BCUT2D eigenvalue weighted by Crippen LogP contribution is -2.14. The molecule has 0 saturated heterocycles. The van der Waals surface area contributed by atoms with E-state index in [1.165, 1.54) is 66.2 Å². The summed E-state index contributed by atoms with van der Waals surface area (Å²) in [6.07, 6.45) is 0. The van der Waals surface area contributed by atoms with Crippen LogP contribution in [0.2, 0.25) is 0 Å². The van der Waals surface area contributed by atoms with E-state index in [1.54, 1.807) is 0 Å². The highest BCUT2D eigenvalue weighted by Crippen LogP contribution is 2.54. The largest absolute Gasteiger partial charge is 0.309 e. The van der Waals surface area contributed by atoms with Gasteiger partial charge < -0.3 is 9.13 Å². The molecule has 0 radical (unpaired) electrons. The molecule has 5 nitrogen and oxygen atoms in total. The molecule has 3 heterocycles. The topological polar surface area (TPSA) is 48.5 Å². The molecule has 0 saturated carbocycles. The molecule has 0 spiro atoms.